The lowest BCUT2D eigenvalue weighted by molar-refractivity contribution is -0.123. The van der Waals surface area contributed by atoms with Crippen LogP contribution < -0.4 is 11.1 Å². The third-order valence-electron chi connectivity index (χ3n) is 5.61. The summed E-state index contributed by atoms with van der Waals surface area (Å²) in [5.74, 6) is 0.484. The Hall–Kier alpha value is -2.61. The average molecular weight is 466 g/mol. The first-order valence-corrected chi connectivity index (χ1v) is 12.6. The van der Waals surface area contributed by atoms with Crippen LogP contribution in [0.15, 0.2) is 70.9 Å². The first-order valence-electron chi connectivity index (χ1n) is 10.7. The number of primary amides is 1. The molecule has 2 amide bonds. The van der Waals surface area contributed by atoms with Gasteiger partial charge in [-0.05, 0) is 60.7 Å². The Morgan fingerprint density at radius 1 is 1.09 bits per heavy atom. The van der Waals surface area contributed by atoms with Crippen molar-refractivity contribution in [3.63, 3.8) is 0 Å². The van der Waals surface area contributed by atoms with Gasteiger partial charge in [-0.1, -0.05) is 30.3 Å². The highest BCUT2D eigenvalue weighted by atomic mass is 32.2. The van der Waals surface area contributed by atoms with Crippen molar-refractivity contribution in [1.82, 2.24) is 4.90 Å². The minimum absolute atomic E-state index is 0.0555. The van der Waals surface area contributed by atoms with Crippen LogP contribution in [0.4, 0.5) is 5.69 Å². The number of nitrogens with zero attached hydrogens (tertiary/aromatic N) is 1. The molecule has 1 aliphatic heterocycles. The van der Waals surface area contributed by atoms with Crippen LogP contribution in [0.5, 0.6) is 0 Å². The predicted molar refractivity (Wildman–Crippen MR) is 132 cm³/mol. The summed E-state index contributed by atoms with van der Waals surface area (Å²) in [5, 5.41) is 5.09. The van der Waals surface area contributed by atoms with Crippen molar-refractivity contribution < 1.29 is 9.59 Å². The molecule has 2 heterocycles. The molecule has 1 aromatic heterocycles. The Bertz CT molecular complexity index is 1050. The van der Waals surface area contributed by atoms with Crippen molar-refractivity contribution in [1.29, 1.82) is 0 Å². The van der Waals surface area contributed by atoms with E-state index in [0.29, 0.717) is 12.1 Å². The minimum Gasteiger partial charge on any atom is -0.369 e. The second kappa shape index (κ2) is 10.8. The first-order chi connectivity index (χ1) is 15.6. The number of amides is 2. The molecule has 7 heteroatoms. The molecule has 0 saturated carbocycles. The zero-order chi connectivity index (χ0) is 22.3. The van der Waals surface area contributed by atoms with Crippen molar-refractivity contribution in [3.05, 3.63) is 82.0 Å². The fraction of sp³-hybridized carbons (Fsp3) is 0.280. The number of hydrogen-bond acceptors (Lipinski definition) is 5. The Kier molecular flexibility index (Phi) is 7.63. The highest BCUT2D eigenvalue weighted by Crippen LogP contribution is 2.28. The van der Waals surface area contributed by atoms with Crippen LogP contribution in [0, 0.1) is 5.92 Å². The third kappa shape index (κ3) is 6.00. The normalized spacial score (nSPS) is 16.6. The summed E-state index contributed by atoms with van der Waals surface area (Å²) in [5.41, 5.74) is 8.09. The fourth-order valence-electron chi connectivity index (χ4n) is 3.91. The second-order valence-corrected chi connectivity index (χ2v) is 10.0. The maximum absolute atomic E-state index is 12.9. The first kappa shape index (κ1) is 22.6. The molecule has 1 aliphatic rings. The standard InChI is InChI=1S/C25H27N3O2S2/c26-24(29)19-5-3-13-28(16-19)15-18-9-11-20(12-10-18)27-25(30)22-7-1-2-8-23(22)32-17-21-6-4-14-31-21/h1-2,4,6-12,14,19H,3,5,13,15-17H2,(H2,26,29)(H,27,30). The van der Waals surface area contributed by atoms with Gasteiger partial charge in [0.2, 0.25) is 5.91 Å². The van der Waals surface area contributed by atoms with Gasteiger partial charge >= 0.3 is 0 Å². The number of nitrogens with two attached hydrogens (primary N) is 1. The molecule has 166 valence electrons. The lowest BCUT2D eigenvalue weighted by Gasteiger charge is -2.31. The summed E-state index contributed by atoms with van der Waals surface area (Å²) in [6, 6.07) is 19.8. The topological polar surface area (TPSA) is 75.4 Å². The van der Waals surface area contributed by atoms with Crippen LogP contribution in [0.3, 0.4) is 0 Å². The molecule has 0 spiro atoms. The number of carbonyl (C=O) groups excluding carboxylic acids is 2. The summed E-state index contributed by atoms with van der Waals surface area (Å²) >= 11 is 3.41. The van der Waals surface area contributed by atoms with E-state index in [1.54, 1.807) is 23.1 Å². The van der Waals surface area contributed by atoms with E-state index in [1.165, 1.54) is 4.88 Å². The number of carbonyl (C=O) groups is 2. The number of benzene rings is 2. The number of nitrogens with one attached hydrogen (secondary N) is 1. The molecule has 32 heavy (non-hydrogen) atoms. The van der Waals surface area contributed by atoms with Crippen LogP contribution in [0.25, 0.3) is 0 Å². The quantitative estimate of drug-likeness (QED) is 0.460. The molecule has 1 atom stereocenters. The molecular weight excluding hydrogens is 438 g/mol. The van der Waals surface area contributed by atoms with E-state index < -0.39 is 0 Å². The summed E-state index contributed by atoms with van der Waals surface area (Å²) in [7, 11) is 0. The molecular formula is C25H27N3O2S2. The van der Waals surface area contributed by atoms with E-state index >= 15 is 0 Å². The fourth-order valence-corrected chi connectivity index (χ4v) is 5.73. The molecule has 0 bridgehead atoms. The van der Waals surface area contributed by atoms with E-state index in [0.717, 1.165) is 47.8 Å². The molecule has 1 saturated heterocycles. The van der Waals surface area contributed by atoms with Gasteiger partial charge in [0, 0.05) is 34.3 Å². The van der Waals surface area contributed by atoms with Gasteiger partial charge in [0.05, 0.1) is 11.5 Å². The van der Waals surface area contributed by atoms with Crippen LogP contribution >= 0.6 is 23.1 Å². The smallest absolute Gasteiger partial charge is 0.256 e. The third-order valence-corrected chi connectivity index (χ3v) is 7.79. The molecule has 5 nitrogen and oxygen atoms in total. The van der Waals surface area contributed by atoms with Gasteiger partial charge in [-0.25, -0.2) is 0 Å². The Morgan fingerprint density at radius 3 is 2.66 bits per heavy atom. The van der Waals surface area contributed by atoms with E-state index in [2.05, 4.69) is 21.7 Å². The second-order valence-electron chi connectivity index (χ2n) is 7.99. The number of thioether (sulfide) groups is 1. The molecule has 1 fully saturated rings. The van der Waals surface area contributed by atoms with Crippen LogP contribution in [0.2, 0.25) is 0 Å². The zero-order valence-corrected chi connectivity index (χ0v) is 19.5. The number of hydrogen-bond donors (Lipinski definition) is 2. The van der Waals surface area contributed by atoms with Gasteiger partial charge in [0.1, 0.15) is 0 Å². The van der Waals surface area contributed by atoms with Crippen LogP contribution in [0.1, 0.15) is 33.6 Å². The molecule has 0 radical (unpaired) electrons. The molecule has 0 aliphatic carbocycles. The van der Waals surface area contributed by atoms with Gasteiger partial charge in [0.25, 0.3) is 5.91 Å². The Morgan fingerprint density at radius 2 is 1.91 bits per heavy atom. The highest BCUT2D eigenvalue weighted by molar-refractivity contribution is 7.98. The van der Waals surface area contributed by atoms with Gasteiger partial charge in [-0.2, -0.15) is 0 Å². The van der Waals surface area contributed by atoms with Gasteiger partial charge < -0.3 is 11.1 Å². The maximum atomic E-state index is 12.9. The van der Waals surface area contributed by atoms with Crippen LogP contribution in [-0.2, 0) is 17.1 Å². The lowest BCUT2D eigenvalue weighted by Crippen LogP contribution is -2.40. The summed E-state index contributed by atoms with van der Waals surface area (Å²) in [4.78, 5) is 29.0. The highest BCUT2D eigenvalue weighted by Gasteiger charge is 2.23. The predicted octanol–water partition coefficient (Wildman–Crippen LogP) is 4.99. The molecule has 3 N–H and O–H groups in total. The summed E-state index contributed by atoms with van der Waals surface area (Å²) < 4.78 is 0. The van der Waals surface area contributed by atoms with Crippen molar-refractivity contribution >= 4 is 40.6 Å². The van der Waals surface area contributed by atoms with Gasteiger partial charge in [-0.15, -0.1) is 23.1 Å². The molecule has 4 rings (SSSR count). The number of anilines is 1. The average Bonchev–Trinajstić information content (AvgIpc) is 3.33. The Labute approximate surface area is 197 Å². The number of rotatable bonds is 8. The van der Waals surface area contributed by atoms with E-state index in [-0.39, 0.29) is 17.7 Å². The van der Waals surface area contributed by atoms with Crippen molar-refractivity contribution in [2.75, 3.05) is 18.4 Å². The molecule has 1 unspecified atom stereocenters. The molecule has 2 aromatic carbocycles. The van der Waals surface area contributed by atoms with E-state index in [9.17, 15) is 9.59 Å². The molecule has 3 aromatic rings. The van der Waals surface area contributed by atoms with Crippen molar-refractivity contribution in [3.8, 4) is 0 Å². The van der Waals surface area contributed by atoms with Gasteiger partial charge in [0.15, 0.2) is 0 Å². The van der Waals surface area contributed by atoms with E-state index in [1.807, 2.05) is 54.6 Å². The lowest BCUT2D eigenvalue weighted by atomic mass is 9.97. The van der Waals surface area contributed by atoms with Gasteiger partial charge in [-0.3, -0.25) is 14.5 Å². The number of likely N-dealkylation sites (tertiary alicyclic amines) is 1. The SMILES string of the molecule is NC(=O)C1CCCN(Cc2ccc(NC(=O)c3ccccc3SCc3cccs3)cc2)C1. The zero-order valence-electron chi connectivity index (χ0n) is 17.8. The van der Waals surface area contributed by atoms with E-state index in [4.69, 9.17) is 5.73 Å². The minimum atomic E-state index is -0.207. The van der Waals surface area contributed by atoms with Crippen LogP contribution in [-0.4, -0.2) is 29.8 Å². The summed E-state index contributed by atoms with van der Waals surface area (Å²) in [6.45, 7) is 2.47. The summed E-state index contributed by atoms with van der Waals surface area (Å²) in [6.07, 6.45) is 1.87. The largest absolute Gasteiger partial charge is 0.369 e. The Balaban J connectivity index is 1.35. The monoisotopic (exact) mass is 465 g/mol. The number of thiophene rings is 1. The maximum Gasteiger partial charge on any atom is 0.256 e. The van der Waals surface area contributed by atoms with Crippen molar-refractivity contribution in [2.45, 2.75) is 30.0 Å². The number of piperidine rings is 1. The van der Waals surface area contributed by atoms with Crippen molar-refractivity contribution in [2.24, 2.45) is 11.7 Å².